The first-order valence-corrected chi connectivity index (χ1v) is 5.93. The Hall–Kier alpha value is -1.95. The molecule has 0 radical (unpaired) electrons. The van der Waals surface area contributed by atoms with Gasteiger partial charge in [0.2, 0.25) is 0 Å². The molecule has 1 aromatic carbocycles. The summed E-state index contributed by atoms with van der Waals surface area (Å²) >= 11 is 1.52. The van der Waals surface area contributed by atoms with Crippen LogP contribution in [-0.4, -0.2) is 22.3 Å². The molecule has 1 aromatic heterocycles. The monoisotopic (exact) mass is 251 g/mol. The number of hydrogen-bond donors (Lipinski definition) is 1. The van der Waals surface area contributed by atoms with E-state index in [1.54, 1.807) is 6.07 Å². The van der Waals surface area contributed by atoms with Crippen molar-refractivity contribution in [2.75, 3.05) is 6.26 Å². The second-order valence-corrected chi connectivity index (χ2v) is 3.90. The molecule has 1 heterocycles. The average Bonchev–Trinajstić information content (AvgIpc) is 2.78. The molecule has 5 nitrogen and oxygen atoms in total. The molecule has 0 bridgehead atoms. The number of ether oxygens (including phenoxy) is 1. The van der Waals surface area contributed by atoms with Gasteiger partial charge in [0.15, 0.2) is 5.69 Å². The van der Waals surface area contributed by atoms with Crippen LogP contribution in [0.2, 0.25) is 0 Å². The van der Waals surface area contributed by atoms with Gasteiger partial charge < -0.3 is 14.3 Å². The zero-order valence-electron chi connectivity index (χ0n) is 8.91. The Kier molecular flexibility index (Phi) is 3.34. The molecule has 88 valence electrons. The Morgan fingerprint density at radius 1 is 1.47 bits per heavy atom. The van der Waals surface area contributed by atoms with Gasteiger partial charge in [-0.1, -0.05) is 12.1 Å². The summed E-state index contributed by atoms with van der Waals surface area (Å²) in [5.41, 5.74) is -0.179. The van der Waals surface area contributed by atoms with E-state index in [9.17, 15) is 4.79 Å². The van der Waals surface area contributed by atoms with Gasteiger partial charge in [0.25, 0.3) is 0 Å². The topological polar surface area (TPSA) is 72.6 Å². The van der Waals surface area contributed by atoms with E-state index in [0.717, 1.165) is 11.2 Å². The number of carboxylic acid groups (broad SMARTS) is 1. The molecule has 0 aliphatic rings. The first kappa shape index (κ1) is 11.5. The number of hydrogen-bond acceptors (Lipinski definition) is 5. The van der Waals surface area contributed by atoms with Gasteiger partial charge in [-0.2, -0.15) is 4.98 Å². The molecule has 0 amide bonds. The summed E-state index contributed by atoms with van der Waals surface area (Å²) in [6, 6.07) is 7.35. The van der Waals surface area contributed by atoms with E-state index >= 15 is 0 Å². The molecule has 0 spiro atoms. The number of para-hydroxylation sites is 1. The van der Waals surface area contributed by atoms with Crippen molar-refractivity contribution >= 4 is 17.7 Å². The van der Waals surface area contributed by atoms with Crippen LogP contribution in [0, 0.1) is 0 Å². The third-order valence-corrected chi connectivity index (χ3v) is 2.75. The Morgan fingerprint density at radius 2 is 2.24 bits per heavy atom. The molecule has 0 aliphatic heterocycles. The Labute approximate surface area is 101 Å². The van der Waals surface area contributed by atoms with Crippen LogP contribution < -0.4 is 4.74 Å². The lowest BCUT2D eigenvalue weighted by atomic mass is 10.3. The van der Waals surface area contributed by atoms with Gasteiger partial charge >= 0.3 is 12.0 Å². The van der Waals surface area contributed by atoms with Crippen molar-refractivity contribution in [2.45, 2.75) is 4.90 Å². The normalized spacial score (nSPS) is 10.2. The van der Waals surface area contributed by atoms with Gasteiger partial charge in [0, 0.05) is 4.90 Å². The number of nitrogens with zero attached hydrogens (tertiary/aromatic N) is 1. The van der Waals surface area contributed by atoms with Crippen LogP contribution >= 0.6 is 11.8 Å². The van der Waals surface area contributed by atoms with E-state index in [4.69, 9.17) is 14.3 Å². The van der Waals surface area contributed by atoms with Crippen LogP contribution in [0.25, 0.3) is 0 Å². The van der Waals surface area contributed by atoms with Crippen LogP contribution in [0.5, 0.6) is 11.8 Å². The molecular formula is C11H9NO4S. The highest BCUT2D eigenvalue weighted by Gasteiger charge is 2.13. The maximum absolute atomic E-state index is 10.6. The van der Waals surface area contributed by atoms with Crippen LogP contribution in [0.3, 0.4) is 0 Å². The fraction of sp³-hybridized carbons (Fsp3) is 0.0909. The summed E-state index contributed by atoms with van der Waals surface area (Å²) in [6.07, 6.45) is 2.88. The molecule has 0 saturated heterocycles. The molecule has 0 saturated carbocycles. The minimum Gasteiger partial charge on any atom is -0.476 e. The van der Waals surface area contributed by atoms with E-state index in [1.165, 1.54) is 11.8 Å². The highest BCUT2D eigenvalue weighted by Crippen LogP contribution is 2.30. The smallest absolute Gasteiger partial charge is 0.399 e. The summed E-state index contributed by atoms with van der Waals surface area (Å²) in [4.78, 5) is 15.2. The van der Waals surface area contributed by atoms with Crippen molar-refractivity contribution in [3.05, 3.63) is 36.2 Å². The molecule has 2 rings (SSSR count). The molecule has 0 fully saturated rings. The summed E-state index contributed by atoms with van der Waals surface area (Å²) in [6.45, 7) is 0. The Balaban J connectivity index is 2.22. The fourth-order valence-electron chi connectivity index (χ4n) is 1.20. The minimum absolute atomic E-state index is 0.0797. The minimum atomic E-state index is -1.15. The maximum Gasteiger partial charge on any atom is 0.399 e. The van der Waals surface area contributed by atoms with E-state index in [0.29, 0.717) is 5.75 Å². The number of carbonyl (C=O) groups is 1. The van der Waals surface area contributed by atoms with Gasteiger partial charge in [-0.15, -0.1) is 11.8 Å². The lowest BCUT2D eigenvalue weighted by Crippen LogP contribution is -1.96. The van der Waals surface area contributed by atoms with E-state index < -0.39 is 5.97 Å². The van der Waals surface area contributed by atoms with Crippen molar-refractivity contribution in [1.29, 1.82) is 0 Å². The Bertz CT molecular complexity index is 538. The number of oxazole rings is 1. The zero-order valence-corrected chi connectivity index (χ0v) is 9.73. The highest BCUT2D eigenvalue weighted by atomic mass is 32.2. The molecule has 1 N–H and O–H groups in total. The second-order valence-electron chi connectivity index (χ2n) is 3.06. The van der Waals surface area contributed by atoms with Crippen LogP contribution in [0.15, 0.2) is 39.8 Å². The van der Waals surface area contributed by atoms with Crippen molar-refractivity contribution in [1.82, 2.24) is 4.98 Å². The molecule has 0 atom stereocenters. The number of benzene rings is 1. The number of thioether (sulfide) groups is 1. The standard InChI is InChI=1S/C11H9NO4S/c1-17-9-5-3-2-4-8(9)16-11-12-7(6-15-11)10(13)14/h2-6H,1H3,(H,13,14). The van der Waals surface area contributed by atoms with Crippen molar-refractivity contribution in [3.63, 3.8) is 0 Å². The van der Waals surface area contributed by atoms with Gasteiger partial charge in [-0.05, 0) is 18.4 Å². The lowest BCUT2D eigenvalue weighted by molar-refractivity contribution is 0.0690. The highest BCUT2D eigenvalue weighted by molar-refractivity contribution is 7.98. The van der Waals surface area contributed by atoms with Gasteiger partial charge in [0.05, 0.1) is 0 Å². The van der Waals surface area contributed by atoms with Crippen LogP contribution in [-0.2, 0) is 0 Å². The third kappa shape index (κ3) is 2.59. The van der Waals surface area contributed by atoms with E-state index in [2.05, 4.69) is 4.98 Å². The van der Waals surface area contributed by atoms with Crippen molar-refractivity contribution < 1.29 is 19.1 Å². The Morgan fingerprint density at radius 3 is 2.88 bits per heavy atom. The lowest BCUT2D eigenvalue weighted by Gasteiger charge is -2.04. The van der Waals surface area contributed by atoms with Gasteiger partial charge in [-0.3, -0.25) is 0 Å². The predicted octanol–water partition coefficient (Wildman–Crippen LogP) is 2.89. The second kappa shape index (κ2) is 4.92. The van der Waals surface area contributed by atoms with Crippen molar-refractivity contribution in [3.8, 4) is 11.8 Å². The fourth-order valence-corrected chi connectivity index (χ4v) is 1.73. The van der Waals surface area contributed by atoms with E-state index in [1.807, 2.05) is 24.5 Å². The zero-order chi connectivity index (χ0) is 12.3. The number of rotatable bonds is 4. The van der Waals surface area contributed by atoms with Crippen LogP contribution in [0.4, 0.5) is 0 Å². The van der Waals surface area contributed by atoms with Gasteiger partial charge in [-0.25, -0.2) is 4.79 Å². The largest absolute Gasteiger partial charge is 0.476 e. The SMILES string of the molecule is CSc1ccccc1Oc1nc(C(=O)O)co1. The summed E-state index contributed by atoms with van der Waals surface area (Å²) < 4.78 is 10.3. The molecule has 6 heteroatoms. The molecule has 0 unspecified atom stereocenters. The number of aromatic carboxylic acids is 1. The first-order chi connectivity index (χ1) is 8.20. The summed E-state index contributed by atoms with van der Waals surface area (Å²) in [7, 11) is 0. The van der Waals surface area contributed by atoms with E-state index in [-0.39, 0.29) is 11.8 Å². The molecular weight excluding hydrogens is 242 g/mol. The van der Waals surface area contributed by atoms with Crippen LogP contribution in [0.1, 0.15) is 10.5 Å². The summed E-state index contributed by atoms with van der Waals surface area (Å²) in [5, 5.41) is 8.68. The maximum atomic E-state index is 10.6. The predicted molar refractivity (Wildman–Crippen MR) is 61.8 cm³/mol. The molecule has 17 heavy (non-hydrogen) atoms. The average molecular weight is 251 g/mol. The number of aromatic nitrogens is 1. The van der Waals surface area contributed by atoms with Gasteiger partial charge in [0.1, 0.15) is 12.0 Å². The third-order valence-electron chi connectivity index (χ3n) is 1.97. The number of carboxylic acids is 1. The van der Waals surface area contributed by atoms with Crippen molar-refractivity contribution in [2.24, 2.45) is 0 Å². The summed E-state index contributed by atoms with van der Waals surface area (Å²) in [5.74, 6) is -0.569. The molecule has 2 aromatic rings. The quantitative estimate of drug-likeness (QED) is 0.842. The first-order valence-electron chi connectivity index (χ1n) is 4.70. The molecule has 0 aliphatic carbocycles.